The molecule has 0 spiro atoms. The maximum Gasteiger partial charge on any atom is 0.259 e. The Hall–Kier alpha value is -2.51. The maximum absolute atomic E-state index is 12.4. The summed E-state index contributed by atoms with van der Waals surface area (Å²) in [5, 5.41) is 9.23. The zero-order valence-corrected chi connectivity index (χ0v) is 11.6. The highest BCUT2D eigenvalue weighted by Crippen LogP contribution is 2.23. The number of nitrogens with two attached hydrogens (primary N) is 1. The van der Waals surface area contributed by atoms with E-state index in [1.807, 2.05) is 6.07 Å². The topological polar surface area (TPSA) is 70.1 Å². The fraction of sp³-hybridized carbons (Fsp3) is 0.0667. The fourth-order valence-electron chi connectivity index (χ4n) is 1.79. The number of rotatable bonds is 2. The largest absolute Gasteiger partial charge is 0.399 e. The lowest BCUT2D eigenvalue weighted by Gasteiger charge is -2.18. The van der Waals surface area contributed by atoms with Crippen LogP contribution in [0, 0.1) is 11.3 Å². The summed E-state index contributed by atoms with van der Waals surface area (Å²) < 4.78 is 0. The van der Waals surface area contributed by atoms with Gasteiger partial charge in [-0.3, -0.25) is 4.79 Å². The fourth-order valence-corrected chi connectivity index (χ4v) is 1.99. The lowest BCUT2D eigenvalue weighted by atomic mass is 10.1. The third-order valence-electron chi connectivity index (χ3n) is 2.89. The summed E-state index contributed by atoms with van der Waals surface area (Å²) >= 11 is 6.03. The second-order valence-corrected chi connectivity index (χ2v) is 4.67. The van der Waals surface area contributed by atoms with E-state index in [-0.39, 0.29) is 5.91 Å². The van der Waals surface area contributed by atoms with E-state index in [4.69, 9.17) is 22.6 Å². The van der Waals surface area contributed by atoms with Crippen LogP contribution in [0.3, 0.4) is 0 Å². The summed E-state index contributed by atoms with van der Waals surface area (Å²) in [6.45, 7) is 0. The van der Waals surface area contributed by atoms with E-state index in [0.717, 1.165) is 0 Å². The van der Waals surface area contributed by atoms with Gasteiger partial charge in [0, 0.05) is 18.4 Å². The van der Waals surface area contributed by atoms with E-state index in [1.54, 1.807) is 43.4 Å². The predicted octanol–water partition coefficient (Wildman–Crippen LogP) is 3.07. The molecule has 0 heterocycles. The van der Waals surface area contributed by atoms with Gasteiger partial charge < -0.3 is 10.6 Å². The molecule has 2 rings (SSSR count). The first kappa shape index (κ1) is 13.9. The maximum atomic E-state index is 12.4. The second-order valence-electron chi connectivity index (χ2n) is 4.27. The van der Waals surface area contributed by atoms with Crippen LogP contribution in [0.25, 0.3) is 0 Å². The standard InChI is InChI=1S/C15H12ClN3O/c1-19(12-4-2-3-10(7-12)9-17)15(20)13-8-11(18)5-6-14(13)16/h2-8H,18H2,1H3. The molecule has 1 amide bonds. The average molecular weight is 286 g/mol. The first-order chi connectivity index (χ1) is 9.52. The van der Waals surface area contributed by atoms with E-state index in [9.17, 15) is 4.79 Å². The summed E-state index contributed by atoms with van der Waals surface area (Å²) in [6, 6.07) is 13.6. The number of hydrogen-bond acceptors (Lipinski definition) is 3. The Morgan fingerprint density at radius 3 is 2.75 bits per heavy atom. The molecule has 0 aliphatic rings. The highest BCUT2D eigenvalue weighted by Gasteiger charge is 2.17. The molecule has 2 aromatic carbocycles. The first-order valence-corrected chi connectivity index (χ1v) is 6.24. The second kappa shape index (κ2) is 5.64. The van der Waals surface area contributed by atoms with Gasteiger partial charge in [-0.15, -0.1) is 0 Å². The van der Waals surface area contributed by atoms with E-state index < -0.39 is 0 Å². The van der Waals surface area contributed by atoms with Gasteiger partial charge in [0.1, 0.15) is 0 Å². The normalized spacial score (nSPS) is 9.85. The Morgan fingerprint density at radius 2 is 2.05 bits per heavy atom. The number of carbonyl (C=O) groups excluding carboxylic acids is 1. The van der Waals surface area contributed by atoms with Crippen LogP contribution in [0.1, 0.15) is 15.9 Å². The Balaban J connectivity index is 2.37. The summed E-state index contributed by atoms with van der Waals surface area (Å²) in [5.41, 5.74) is 7.58. The Morgan fingerprint density at radius 1 is 1.30 bits per heavy atom. The summed E-state index contributed by atoms with van der Waals surface area (Å²) in [7, 11) is 1.62. The number of amides is 1. The van der Waals surface area contributed by atoms with E-state index in [2.05, 4.69) is 0 Å². The lowest BCUT2D eigenvalue weighted by molar-refractivity contribution is 0.0993. The average Bonchev–Trinajstić information content (AvgIpc) is 2.48. The summed E-state index contributed by atoms with van der Waals surface area (Å²) in [5.74, 6) is -0.280. The number of halogens is 1. The Kier molecular flexibility index (Phi) is 3.92. The van der Waals surface area contributed by atoms with Crippen LogP contribution < -0.4 is 10.6 Å². The van der Waals surface area contributed by atoms with Gasteiger partial charge in [-0.05, 0) is 36.4 Å². The van der Waals surface area contributed by atoms with Crippen molar-refractivity contribution in [2.45, 2.75) is 0 Å². The molecule has 0 aliphatic carbocycles. The SMILES string of the molecule is CN(C(=O)c1cc(N)ccc1Cl)c1cccc(C#N)c1. The molecule has 0 bridgehead atoms. The van der Waals surface area contributed by atoms with Crippen LogP contribution in [0.4, 0.5) is 11.4 Å². The monoisotopic (exact) mass is 285 g/mol. The van der Waals surface area contributed by atoms with Crippen LogP contribution in [0.5, 0.6) is 0 Å². The van der Waals surface area contributed by atoms with Crippen LogP contribution in [-0.2, 0) is 0 Å². The van der Waals surface area contributed by atoms with Crippen molar-refractivity contribution in [2.75, 3.05) is 17.7 Å². The molecule has 2 N–H and O–H groups in total. The van der Waals surface area contributed by atoms with Gasteiger partial charge >= 0.3 is 0 Å². The molecule has 0 aromatic heterocycles. The minimum atomic E-state index is -0.280. The molecule has 100 valence electrons. The summed E-state index contributed by atoms with van der Waals surface area (Å²) in [6.07, 6.45) is 0. The van der Waals surface area contributed by atoms with E-state index in [0.29, 0.717) is 27.5 Å². The van der Waals surface area contributed by atoms with Gasteiger partial charge in [0.05, 0.1) is 22.2 Å². The molecule has 0 fully saturated rings. The molecule has 0 aliphatic heterocycles. The number of nitrogen functional groups attached to an aromatic ring is 1. The molecular weight excluding hydrogens is 274 g/mol. The number of nitrogens with zero attached hydrogens (tertiary/aromatic N) is 2. The highest BCUT2D eigenvalue weighted by molar-refractivity contribution is 6.34. The van der Waals surface area contributed by atoms with Crippen molar-refractivity contribution in [1.82, 2.24) is 0 Å². The van der Waals surface area contributed by atoms with E-state index in [1.165, 1.54) is 11.0 Å². The number of anilines is 2. The van der Waals surface area contributed by atoms with E-state index >= 15 is 0 Å². The quantitative estimate of drug-likeness (QED) is 0.862. The zero-order chi connectivity index (χ0) is 14.7. The van der Waals surface area contributed by atoms with Gasteiger partial charge in [0.15, 0.2) is 0 Å². The lowest BCUT2D eigenvalue weighted by Crippen LogP contribution is -2.26. The highest BCUT2D eigenvalue weighted by atomic mass is 35.5. The van der Waals surface area contributed by atoms with Crippen molar-refractivity contribution >= 4 is 28.9 Å². The molecule has 20 heavy (non-hydrogen) atoms. The van der Waals surface area contributed by atoms with Crippen molar-refractivity contribution in [3.63, 3.8) is 0 Å². The number of nitriles is 1. The molecular formula is C15H12ClN3O. The van der Waals surface area contributed by atoms with Gasteiger partial charge in [0.2, 0.25) is 0 Å². The van der Waals surface area contributed by atoms with Crippen LogP contribution in [0.2, 0.25) is 5.02 Å². The molecule has 2 aromatic rings. The number of carbonyl (C=O) groups is 1. The predicted molar refractivity (Wildman–Crippen MR) is 79.8 cm³/mol. The van der Waals surface area contributed by atoms with Crippen molar-refractivity contribution in [1.29, 1.82) is 5.26 Å². The Labute approximate surface area is 122 Å². The minimum Gasteiger partial charge on any atom is -0.399 e. The molecule has 0 saturated heterocycles. The van der Waals surface area contributed by atoms with Crippen LogP contribution in [-0.4, -0.2) is 13.0 Å². The number of benzene rings is 2. The van der Waals surface area contributed by atoms with Crippen molar-refractivity contribution in [2.24, 2.45) is 0 Å². The molecule has 4 nitrogen and oxygen atoms in total. The molecule has 0 radical (unpaired) electrons. The smallest absolute Gasteiger partial charge is 0.259 e. The van der Waals surface area contributed by atoms with Gasteiger partial charge in [0.25, 0.3) is 5.91 Å². The first-order valence-electron chi connectivity index (χ1n) is 5.86. The molecule has 0 atom stereocenters. The van der Waals surface area contributed by atoms with Gasteiger partial charge in [-0.2, -0.15) is 5.26 Å². The van der Waals surface area contributed by atoms with Crippen LogP contribution >= 0.6 is 11.6 Å². The Bertz CT molecular complexity index is 707. The van der Waals surface area contributed by atoms with Gasteiger partial charge in [-0.25, -0.2) is 0 Å². The van der Waals surface area contributed by atoms with Crippen LogP contribution in [0.15, 0.2) is 42.5 Å². The number of hydrogen-bond donors (Lipinski definition) is 1. The molecule has 0 saturated carbocycles. The summed E-state index contributed by atoms with van der Waals surface area (Å²) in [4.78, 5) is 13.9. The molecule has 5 heteroatoms. The van der Waals surface area contributed by atoms with Gasteiger partial charge in [-0.1, -0.05) is 17.7 Å². The third kappa shape index (κ3) is 2.73. The third-order valence-corrected chi connectivity index (χ3v) is 3.22. The zero-order valence-electron chi connectivity index (χ0n) is 10.8. The van der Waals surface area contributed by atoms with Crippen molar-refractivity contribution in [3.05, 3.63) is 58.6 Å². The van der Waals surface area contributed by atoms with Crippen molar-refractivity contribution in [3.8, 4) is 6.07 Å². The molecule has 0 unspecified atom stereocenters. The minimum absolute atomic E-state index is 0.280. The van der Waals surface area contributed by atoms with Crippen molar-refractivity contribution < 1.29 is 4.79 Å².